The molecule has 0 saturated carbocycles. The molecule has 2 aromatic carbocycles. The van der Waals surface area contributed by atoms with Gasteiger partial charge in [-0.3, -0.25) is 9.69 Å². The minimum Gasteiger partial charge on any atom is -0.336 e. The summed E-state index contributed by atoms with van der Waals surface area (Å²) >= 11 is 3.39. The number of rotatable bonds is 3. The molecule has 0 aliphatic carbocycles. The van der Waals surface area contributed by atoms with Crippen molar-refractivity contribution in [3.63, 3.8) is 0 Å². The highest BCUT2D eigenvalue weighted by Gasteiger charge is 2.27. The number of piperazine rings is 1. The van der Waals surface area contributed by atoms with Crippen LogP contribution in [0.1, 0.15) is 27.5 Å². The topological polar surface area (TPSA) is 47.3 Å². The Morgan fingerprint density at radius 2 is 1.64 bits per heavy atom. The van der Waals surface area contributed by atoms with E-state index in [1.54, 1.807) is 0 Å². The van der Waals surface area contributed by atoms with Gasteiger partial charge in [-0.15, -0.1) is 0 Å². The van der Waals surface area contributed by atoms with Crippen LogP contribution in [0.2, 0.25) is 0 Å². The fourth-order valence-corrected chi connectivity index (χ4v) is 3.34. The van der Waals surface area contributed by atoms with E-state index in [1.165, 1.54) is 5.56 Å². The number of nitriles is 1. The molecular formula is C20H20BrN3O. The molecule has 1 heterocycles. The highest BCUT2D eigenvalue weighted by Crippen LogP contribution is 2.22. The van der Waals surface area contributed by atoms with Gasteiger partial charge in [-0.05, 0) is 36.8 Å². The van der Waals surface area contributed by atoms with Gasteiger partial charge >= 0.3 is 0 Å². The van der Waals surface area contributed by atoms with Gasteiger partial charge in [-0.25, -0.2) is 0 Å². The summed E-state index contributed by atoms with van der Waals surface area (Å²) in [5, 5.41) is 9.60. The van der Waals surface area contributed by atoms with E-state index >= 15 is 0 Å². The van der Waals surface area contributed by atoms with Crippen LogP contribution in [0.5, 0.6) is 0 Å². The molecule has 0 spiro atoms. The number of aryl methyl sites for hydroxylation is 1. The molecule has 1 aliphatic rings. The lowest BCUT2D eigenvalue weighted by atomic mass is 10.0. The van der Waals surface area contributed by atoms with Crippen LogP contribution in [0.3, 0.4) is 0 Å². The molecule has 0 radical (unpaired) electrons. The van der Waals surface area contributed by atoms with Gasteiger partial charge in [0.25, 0.3) is 5.91 Å². The molecule has 25 heavy (non-hydrogen) atoms. The van der Waals surface area contributed by atoms with Gasteiger partial charge in [0.15, 0.2) is 0 Å². The summed E-state index contributed by atoms with van der Waals surface area (Å²) in [4.78, 5) is 16.6. The molecule has 4 nitrogen and oxygen atoms in total. The second kappa shape index (κ2) is 7.81. The summed E-state index contributed by atoms with van der Waals surface area (Å²) in [5.41, 5.74) is 2.90. The summed E-state index contributed by atoms with van der Waals surface area (Å²) in [7, 11) is 0. The Bertz CT molecular complexity index is 772. The number of halogens is 1. The molecule has 1 aliphatic heterocycles. The standard InChI is InChI=1S/C20H20BrN3O/c1-15-2-4-16(5-3-15)19(14-22)23-10-12-24(13-11-23)20(25)17-6-8-18(21)9-7-17/h2-9,19H,10-13H2,1H3. The van der Waals surface area contributed by atoms with Crippen LogP contribution >= 0.6 is 15.9 Å². The highest BCUT2D eigenvalue weighted by atomic mass is 79.9. The summed E-state index contributed by atoms with van der Waals surface area (Å²) in [5.74, 6) is 0.0518. The second-order valence-corrected chi connectivity index (χ2v) is 7.19. The molecule has 0 bridgehead atoms. The Labute approximate surface area is 156 Å². The van der Waals surface area contributed by atoms with Crippen molar-refractivity contribution in [2.45, 2.75) is 13.0 Å². The molecule has 0 N–H and O–H groups in total. The first kappa shape index (κ1) is 17.7. The fraction of sp³-hybridized carbons (Fsp3) is 0.300. The molecule has 0 aromatic heterocycles. The van der Waals surface area contributed by atoms with Gasteiger partial charge < -0.3 is 4.90 Å². The quantitative estimate of drug-likeness (QED) is 0.791. The molecule has 1 fully saturated rings. The van der Waals surface area contributed by atoms with E-state index in [9.17, 15) is 10.1 Å². The highest BCUT2D eigenvalue weighted by molar-refractivity contribution is 9.10. The molecule has 1 atom stereocenters. The molecule has 2 aromatic rings. The minimum absolute atomic E-state index is 0.0518. The molecule has 5 heteroatoms. The van der Waals surface area contributed by atoms with Crippen molar-refractivity contribution in [3.05, 3.63) is 69.7 Å². The zero-order valence-electron chi connectivity index (χ0n) is 14.2. The number of amides is 1. The first-order valence-corrected chi connectivity index (χ1v) is 9.13. The van der Waals surface area contributed by atoms with Crippen molar-refractivity contribution in [1.82, 2.24) is 9.80 Å². The Morgan fingerprint density at radius 1 is 1.04 bits per heavy atom. The number of nitrogens with zero attached hydrogens (tertiary/aromatic N) is 3. The number of hydrogen-bond acceptors (Lipinski definition) is 3. The average molecular weight is 398 g/mol. The molecule has 3 rings (SSSR count). The Kier molecular flexibility index (Phi) is 5.52. The van der Waals surface area contributed by atoms with Gasteiger partial charge in [-0.2, -0.15) is 5.26 Å². The van der Waals surface area contributed by atoms with Crippen LogP contribution in [0, 0.1) is 18.3 Å². The van der Waals surface area contributed by atoms with Crippen LogP contribution in [0.25, 0.3) is 0 Å². The predicted molar refractivity (Wildman–Crippen MR) is 101 cm³/mol. The number of carbonyl (C=O) groups excluding carboxylic acids is 1. The number of carbonyl (C=O) groups is 1. The van der Waals surface area contributed by atoms with Crippen LogP contribution in [0.15, 0.2) is 53.0 Å². The van der Waals surface area contributed by atoms with Crippen LogP contribution in [0.4, 0.5) is 0 Å². The maximum atomic E-state index is 12.6. The van der Waals surface area contributed by atoms with E-state index < -0.39 is 0 Å². The third-order valence-corrected chi connectivity index (χ3v) is 5.10. The van der Waals surface area contributed by atoms with Crippen molar-refractivity contribution < 1.29 is 4.79 Å². The largest absolute Gasteiger partial charge is 0.336 e. The van der Waals surface area contributed by atoms with Gasteiger partial charge in [0.2, 0.25) is 0 Å². The van der Waals surface area contributed by atoms with Crippen LogP contribution in [-0.4, -0.2) is 41.9 Å². The molecule has 1 amide bonds. The van der Waals surface area contributed by atoms with Gasteiger partial charge in [-0.1, -0.05) is 45.8 Å². The minimum atomic E-state index is -0.259. The third-order valence-electron chi connectivity index (χ3n) is 4.57. The lowest BCUT2D eigenvalue weighted by Crippen LogP contribution is -2.49. The van der Waals surface area contributed by atoms with E-state index in [-0.39, 0.29) is 11.9 Å². The summed E-state index contributed by atoms with van der Waals surface area (Å²) < 4.78 is 0.962. The summed E-state index contributed by atoms with van der Waals surface area (Å²) in [6, 6.07) is 17.7. The van der Waals surface area contributed by atoms with Crippen LogP contribution < -0.4 is 0 Å². The molecule has 1 saturated heterocycles. The number of hydrogen-bond donors (Lipinski definition) is 0. The van der Waals surface area contributed by atoms with Gasteiger partial charge in [0, 0.05) is 36.2 Å². The van der Waals surface area contributed by atoms with Crippen molar-refractivity contribution in [1.29, 1.82) is 5.26 Å². The van der Waals surface area contributed by atoms with Crippen molar-refractivity contribution in [2.24, 2.45) is 0 Å². The lowest BCUT2D eigenvalue weighted by Gasteiger charge is -2.37. The van der Waals surface area contributed by atoms with Crippen molar-refractivity contribution >= 4 is 21.8 Å². The second-order valence-electron chi connectivity index (χ2n) is 6.28. The maximum absolute atomic E-state index is 12.6. The van der Waals surface area contributed by atoms with Crippen molar-refractivity contribution in [3.8, 4) is 6.07 Å². The predicted octanol–water partition coefficient (Wildman–Crippen LogP) is 3.78. The first-order chi connectivity index (χ1) is 12.1. The SMILES string of the molecule is Cc1ccc(C(C#N)N2CCN(C(=O)c3ccc(Br)cc3)CC2)cc1. The Hall–Kier alpha value is -2.16. The Balaban J connectivity index is 1.64. The smallest absolute Gasteiger partial charge is 0.253 e. The monoisotopic (exact) mass is 397 g/mol. The lowest BCUT2D eigenvalue weighted by molar-refractivity contribution is 0.0606. The first-order valence-electron chi connectivity index (χ1n) is 8.33. The summed E-state index contributed by atoms with van der Waals surface area (Å²) in [6.45, 7) is 4.72. The summed E-state index contributed by atoms with van der Waals surface area (Å²) in [6.07, 6.45) is 0. The van der Waals surface area contributed by atoms with Crippen LogP contribution in [-0.2, 0) is 0 Å². The maximum Gasteiger partial charge on any atom is 0.253 e. The normalized spacial score (nSPS) is 16.3. The van der Waals surface area contributed by atoms with Gasteiger partial charge in [0.05, 0.1) is 6.07 Å². The van der Waals surface area contributed by atoms with Crippen molar-refractivity contribution in [2.75, 3.05) is 26.2 Å². The van der Waals surface area contributed by atoms with E-state index in [4.69, 9.17) is 0 Å². The van der Waals surface area contributed by atoms with E-state index in [1.807, 2.05) is 60.4 Å². The fourth-order valence-electron chi connectivity index (χ4n) is 3.07. The average Bonchev–Trinajstić information content (AvgIpc) is 2.64. The zero-order chi connectivity index (χ0) is 17.8. The number of benzene rings is 2. The third kappa shape index (κ3) is 4.09. The van der Waals surface area contributed by atoms with E-state index in [0.717, 1.165) is 10.0 Å². The van der Waals surface area contributed by atoms with E-state index in [2.05, 4.69) is 26.9 Å². The zero-order valence-corrected chi connectivity index (χ0v) is 15.7. The Morgan fingerprint density at radius 3 is 2.20 bits per heavy atom. The molecule has 1 unspecified atom stereocenters. The molecule has 128 valence electrons. The molecular weight excluding hydrogens is 378 g/mol. The van der Waals surface area contributed by atoms with E-state index in [0.29, 0.717) is 31.7 Å². The van der Waals surface area contributed by atoms with Gasteiger partial charge in [0.1, 0.15) is 6.04 Å².